The van der Waals surface area contributed by atoms with Gasteiger partial charge in [0, 0.05) is 12.5 Å². The standard InChI is InChI=1S/C14H10F4N4O/c1-14(17,18)23-9-4-2-8(3-5-9)10-6-7-11-19-20-13(12(15)16)22(11)21-10/h2-7,12H,1H3. The van der Waals surface area contributed by atoms with Gasteiger partial charge in [0.1, 0.15) is 5.75 Å². The van der Waals surface area contributed by atoms with Crippen LogP contribution >= 0.6 is 0 Å². The second-order valence-electron chi connectivity index (χ2n) is 4.78. The van der Waals surface area contributed by atoms with Crippen LogP contribution in [0.25, 0.3) is 16.9 Å². The van der Waals surface area contributed by atoms with Crippen LogP contribution in [0, 0.1) is 0 Å². The molecule has 0 aliphatic carbocycles. The Kier molecular flexibility index (Phi) is 3.63. The number of fused-ring (bicyclic) bond motifs is 1. The molecule has 120 valence electrons. The van der Waals surface area contributed by atoms with Gasteiger partial charge in [0.05, 0.1) is 5.69 Å². The minimum Gasteiger partial charge on any atom is -0.433 e. The lowest BCUT2D eigenvalue weighted by Gasteiger charge is -2.13. The molecule has 0 saturated carbocycles. The van der Waals surface area contributed by atoms with E-state index >= 15 is 0 Å². The van der Waals surface area contributed by atoms with Crippen LogP contribution < -0.4 is 4.74 Å². The van der Waals surface area contributed by atoms with Crippen LogP contribution in [0.15, 0.2) is 36.4 Å². The topological polar surface area (TPSA) is 52.3 Å². The van der Waals surface area contributed by atoms with E-state index in [9.17, 15) is 17.6 Å². The van der Waals surface area contributed by atoms with E-state index < -0.39 is 18.4 Å². The molecule has 0 atom stereocenters. The molecule has 3 aromatic rings. The monoisotopic (exact) mass is 326 g/mol. The lowest BCUT2D eigenvalue weighted by atomic mass is 10.1. The number of hydrogen-bond acceptors (Lipinski definition) is 4. The number of ether oxygens (including phenoxy) is 1. The molecule has 5 nitrogen and oxygen atoms in total. The number of hydrogen-bond donors (Lipinski definition) is 0. The van der Waals surface area contributed by atoms with Crippen molar-refractivity contribution in [3.05, 3.63) is 42.2 Å². The van der Waals surface area contributed by atoms with E-state index in [0.717, 1.165) is 4.52 Å². The highest BCUT2D eigenvalue weighted by molar-refractivity contribution is 5.61. The number of aromatic nitrogens is 4. The minimum atomic E-state index is -3.28. The maximum Gasteiger partial charge on any atom is 0.394 e. The zero-order chi connectivity index (χ0) is 16.6. The van der Waals surface area contributed by atoms with E-state index in [1.807, 2.05) is 0 Å². The van der Waals surface area contributed by atoms with Crippen molar-refractivity contribution in [1.29, 1.82) is 0 Å². The average molecular weight is 326 g/mol. The van der Waals surface area contributed by atoms with Gasteiger partial charge in [0.25, 0.3) is 6.43 Å². The summed E-state index contributed by atoms with van der Waals surface area (Å²) in [5.41, 5.74) is 1.11. The molecule has 0 unspecified atom stereocenters. The highest BCUT2D eigenvalue weighted by Gasteiger charge is 2.23. The third-order valence-electron chi connectivity index (χ3n) is 2.93. The Hall–Kier alpha value is -2.71. The Morgan fingerprint density at radius 2 is 1.74 bits per heavy atom. The molecule has 2 heterocycles. The highest BCUT2D eigenvalue weighted by atomic mass is 19.3. The fourth-order valence-electron chi connectivity index (χ4n) is 2.00. The van der Waals surface area contributed by atoms with Crippen LogP contribution in [-0.2, 0) is 0 Å². The van der Waals surface area contributed by atoms with Crippen molar-refractivity contribution in [2.45, 2.75) is 19.5 Å². The summed E-state index contributed by atoms with van der Waals surface area (Å²) < 4.78 is 56.6. The van der Waals surface area contributed by atoms with E-state index in [0.29, 0.717) is 18.2 Å². The number of alkyl halides is 4. The predicted octanol–water partition coefficient (Wildman–Crippen LogP) is 3.72. The zero-order valence-corrected chi connectivity index (χ0v) is 11.8. The molecule has 1 aromatic carbocycles. The molecule has 0 aliphatic rings. The lowest BCUT2D eigenvalue weighted by molar-refractivity contribution is -0.158. The third kappa shape index (κ3) is 3.22. The Morgan fingerprint density at radius 3 is 2.35 bits per heavy atom. The van der Waals surface area contributed by atoms with Gasteiger partial charge in [-0.1, -0.05) is 0 Å². The van der Waals surface area contributed by atoms with E-state index in [2.05, 4.69) is 20.0 Å². The first-order chi connectivity index (χ1) is 10.8. The van der Waals surface area contributed by atoms with Gasteiger partial charge < -0.3 is 4.74 Å². The molecule has 0 fully saturated rings. The lowest BCUT2D eigenvalue weighted by Crippen LogP contribution is -2.18. The molecule has 0 N–H and O–H groups in total. The summed E-state index contributed by atoms with van der Waals surface area (Å²) in [4.78, 5) is 0. The van der Waals surface area contributed by atoms with Gasteiger partial charge in [0.2, 0.25) is 5.82 Å². The zero-order valence-electron chi connectivity index (χ0n) is 11.8. The van der Waals surface area contributed by atoms with E-state index in [1.165, 1.54) is 30.3 Å². The van der Waals surface area contributed by atoms with Crippen molar-refractivity contribution in [1.82, 2.24) is 19.8 Å². The largest absolute Gasteiger partial charge is 0.433 e. The fraction of sp³-hybridized carbons (Fsp3) is 0.214. The number of benzene rings is 1. The van der Waals surface area contributed by atoms with Crippen molar-refractivity contribution in [2.24, 2.45) is 0 Å². The first kappa shape index (κ1) is 15.2. The maximum atomic E-state index is 12.8. The quantitative estimate of drug-likeness (QED) is 0.686. The smallest absolute Gasteiger partial charge is 0.394 e. The summed E-state index contributed by atoms with van der Waals surface area (Å²) in [6, 6.07) is 8.76. The van der Waals surface area contributed by atoms with Crippen molar-refractivity contribution >= 4 is 5.65 Å². The van der Waals surface area contributed by atoms with Gasteiger partial charge in [-0.2, -0.15) is 18.4 Å². The van der Waals surface area contributed by atoms with E-state index in [1.54, 1.807) is 6.07 Å². The average Bonchev–Trinajstić information content (AvgIpc) is 2.89. The Labute approximate surface area is 127 Å². The van der Waals surface area contributed by atoms with Crippen LogP contribution in [0.5, 0.6) is 5.75 Å². The molecule has 23 heavy (non-hydrogen) atoms. The highest BCUT2D eigenvalue weighted by Crippen LogP contribution is 2.25. The van der Waals surface area contributed by atoms with Crippen LogP contribution in [0.3, 0.4) is 0 Å². The molecule has 9 heteroatoms. The first-order valence-corrected chi connectivity index (χ1v) is 6.51. The van der Waals surface area contributed by atoms with Crippen LogP contribution in [0.1, 0.15) is 19.2 Å². The van der Waals surface area contributed by atoms with Gasteiger partial charge in [-0.25, -0.2) is 8.78 Å². The minimum absolute atomic E-state index is 0.0140. The molecule has 0 saturated heterocycles. The first-order valence-electron chi connectivity index (χ1n) is 6.51. The summed E-state index contributed by atoms with van der Waals surface area (Å²) in [5, 5.41) is 11.0. The summed E-state index contributed by atoms with van der Waals surface area (Å²) >= 11 is 0. The van der Waals surface area contributed by atoms with Crippen LogP contribution in [0.4, 0.5) is 17.6 Å². The van der Waals surface area contributed by atoms with Gasteiger partial charge in [-0.15, -0.1) is 10.2 Å². The predicted molar refractivity (Wildman–Crippen MR) is 72.4 cm³/mol. The van der Waals surface area contributed by atoms with Crippen molar-refractivity contribution in [3.63, 3.8) is 0 Å². The summed E-state index contributed by atoms with van der Waals surface area (Å²) in [5.74, 6) is -0.577. The molecule has 0 amide bonds. The summed E-state index contributed by atoms with van der Waals surface area (Å²) in [6.45, 7) is 0.633. The van der Waals surface area contributed by atoms with Gasteiger partial charge in [-0.3, -0.25) is 0 Å². The van der Waals surface area contributed by atoms with E-state index in [4.69, 9.17) is 0 Å². The summed E-state index contributed by atoms with van der Waals surface area (Å²) in [7, 11) is 0. The van der Waals surface area contributed by atoms with Crippen LogP contribution in [-0.4, -0.2) is 25.9 Å². The molecular formula is C14H10F4N4O. The second-order valence-corrected chi connectivity index (χ2v) is 4.78. The second kappa shape index (κ2) is 5.49. The molecule has 0 bridgehead atoms. The number of halogens is 4. The van der Waals surface area contributed by atoms with E-state index in [-0.39, 0.29) is 11.4 Å². The normalized spacial score (nSPS) is 12.1. The summed E-state index contributed by atoms with van der Waals surface area (Å²) in [6.07, 6.45) is -6.09. The van der Waals surface area contributed by atoms with Gasteiger partial charge in [0.15, 0.2) is 5.65 Å². The third-order valence-corrected chi connectivity index (χ3v) is 2.93. The maximum absolute atomic E-state index is 12.8. The Bertz CT molecular complexity index is 827. The molecule has 0 radical (unpaired) electrons. The SMILES string of the molecule is CC(F)(F)Oc1ccc(-c2ccc3nnc(C(F)F)n3n2)cc1. The van der Waals surface area contributed by atoms with Crippen molar-refractivity contribution in [2.75, 3.05) is 0 Å². The van der Waals surface area contributed by atoms with Gasteiger partial charge >= 0.3 is 6.11 Å². The Morgan fingerprint density at radius 1 is 1.04 bits per heavy atom. The molecule has 3 rings (SSSR count). The molecule has 2 aromatic heterocycles. The fourth-order valence-corrected chi connectivity index (χ4v) is 2.00. The Balaban J connectivity index is 1.95. The molecular weight excluding hydrogens is 316 g/mol. The van der Waals surface area contributed by atoms with Crippen molar-refractivity contribution in [3.8, 4) is 17.0 Å². The van der Waals surface area contributed by atoms with Crippen molar-refractivity contribution < 1.29 is 22.3 Å². The van der Waals surface area contributed by atoms with Crippen LogP contribution in [0.2, 0.25) is 0 Å². The number of rotatable bonds is 4. The molecule has 0 aliphatic heterocycles. The van der Waals surface area contributed by atoms with Gasteiger partial charge in [-0.05, 0) is 36.4 Å². The number of nitrogens with zero attached hydrogens (tertiary/aromatic N) is 4. The molecule has 0 spiro atoms.